The van der Waals surface area contributed by atoms with E-state index in [1.165, 1.54) is 19.3 Å². The number of guanidine groups is 1. The van der Waals surface area contributed by atoms with Crippen molar-refractivity contribution < 1.29 is 5.11 Å². The Morgan fingerprint density at radius 2 is 1.77 bits per heavy atom. The molecule has 0 atom stereocenters. The summed E-state index contributed by atoms with van der Waals surface area (Å²) in [6.45, 7) is 0. The van der Waals surface area contributed by atoms with Crippen LogP contribution >= 0.6 is 0 Å². The highest BCUT2D eigenvalue weighted by atomic mass is 16.3. The number of nitrogens with two attached hydrogens (primary N) is 2. The van der Waals surface area contributed by atoms with Crippen LogP contribution in [0.25, 0.3) is 0 Å². The van der Waals surface area contributed by atoms with Crippen LogP contribution in [0.3, 0.4) is 0 Å². The van der Waals surface area contributed by atoms with Crippen LogP contribution in [0, 0.1) is 4.91 Å². The molecule has 13 heavy (non-hydrogen) atoms. The first-order chi connectivity index (χ1) is 6.16. The number of rotatable bonds is 1. The van der Waals surface area contributed by atoms with Crippen LogP contribution in [0.1, 0.15) is 32.1 Å². The lowest BCUT2D eigenvalue weighted by molar-refractivity contribution is 0.130. The molecule has 0 aromatic heterocycles. The molecule has 1 aliphatic carbocycles. The van der Waals surface area contributed by atoms with E-state index in [9.17, 15) is 0 Å². The molecule has 0 aromatic rings. The fraction of sp³-hybridized carbons (Fsp3) is 0.857. The van der Waals surface area contributed by atoms with Crippen molar-refractivity contribution in [3.8, 4) is 0 Å². The minimum absolute atomic E-state index is 0.0359. The molecular formula is C7H16N4O2. The van der Waals surface area contributed by atoms with Crippen molar-refractivity contribution in [3.05, 3.63) is 4.91 Å². The minimum atomic E-state index is -0.315. The van der Waals surface area contributed by atoms with Crippen LogP contribution in [-0.2, 0) is 0 Å². The van der Waals surface area contributed by atoms with Gasteiger partial charge in [0.15, 0.2) is 0 Å². The zero-order valence-corrected chi connectivity index (χ0v) is 7.52. The van der Waals surface area contributed by atoms with Gasteiger partial charge in [0, 0.05) is 0 Å². The summed E-state index contributed by atoms with van der Waals surface area (Å²) in [5.74, 6) is -0.315. The van der Waals surface area contributed by atoms with E-state index in [0.717, 1.165) is 12.8 Å². The van der Waals surface area contributed by atoms with Crippen LogP contribution in [0.4, 0.5) is 0 Å². The Balaban J connectivity index is 0.000000226. The number of hydrogen-bond acceptors (Lipinski definition) is 3. The molecule has 1 fully saturated rings. The van der Waals surface area contributed by atoms with Crippen molar-refractivity contribution in [1.29, 1.82) is 0 Å². The van der Waals surface area contributed by atoms with Crippen LogP contribution in [0.2, 0.25) is 0 Å². The largest absolute Gasteiger partial charge is 0.393 e. The lowest BCUT2D eigenvalue weighted by atomic mass is 9.98. The van der Waals surface area contributed by atoms with Crippen molar-refractivity contribution in [1.82, 2.24) is 0 Å². The lowest BCUT2D eigenvalue weighted by Crippen LogP contribution is -2.21. The Kier molecular flexibility index (Phi) is 6.80. The highest BCUT2D eigenvalue weighted by molar-refractivity contribution is 5.75. The van der Waals surface area contributed by atoms with Crippen LogP contribution in [0.5, 0.6) is 0 Å². The molecule has 76 valence electrons. The average molecular weight is 188 g/mol. The van der Waals surface area contributed by atoms with E-state index in [4.69, 9.17) is 10.0 Å². The van der Waals surface area contributed by atoms with Crippen LogP contribution in [0.15, 0.2) is 10.4 Å². The fourth-order valence-corrected chi connectivity index (χ4v) is 1.13. The van der Waals surface area contributed by atoms with Gasteiger partial charge in [-0.25, -0.2) is 0 Å². The maximum atomic E-state index is 9.02. The summed E-state index contributed by atoms with van der Waals surface area (Å²) in [5, 5.41) is 13.6. The minimum Gasteiger partial charge on any atom is -0.393 e. The molecule has 0 spiro atoms. The molecule has 1 rings (SSSR count). The predicted molar refractivity (Wildman–Crippen MR) is 50.7 cm³/mol. The number of nitroso groups, excluding NO2 is 1. The van der Waals surface area contributed by atoms with E-state index in [0.29, 0.717) is 0 Å². The summed E-state index contributed by atoms with van der Waals surface area (Å²) < 4.78 is 0. The number of aliphatic hydroxyl groups excluding tert-OH is 1. The van der Waals surface area contributed by atoms with E-state index in [-0.39, 0.29) is 12.1 Å². The SMILES string of the molecule is NC(N)=NN=O.OC1CCCCC1. The summed E-state index contributed by atoms with van der Waals surface area (Å²) in [6, 6.07) is 0. The first-order valence-electron chi connectivity index (χ1n) is 4.26. The van der Waals surface area contributed by atoms with E-state index in [1.807, 2.05) is 5.29 Å². The summed E-state index contributed by atoms with van der Waals surface area (Å²) >= 11 is 0. The topological polar surface area (TPSA) is 114 Å². The van der Waals surface area contributed by atoms with E-state index in [2.05, 4.69) is 16.6 Å². The predicted octanol–water partition coefficient (Wildman–Crippen LogP) is 0.253. The van der Waals surface area contributed by atoms with Gasteiger partial charge in [-0.3, -0.25) is 0 Å². The molecule has 0 radical (unpaired) electrons. The maximum absolute atomic E-state index is 9.02. The van der Waals surface area contributed by atoms with Gasteiger partial charge in [-0.05, 0) is 12.8 Å². The molecule has 0 unspecified atom stereocenters. The van der Waals surface area contributed by atoms with Crippen molar-refractivity contribution in [2.24, 2.45) is 21.9 Å². The van der Waals surface area contributed by atoms with Gasteiger partial charge in [0.2, 0.25) is 5.96 Å². The van der Waals surface area contributed by atoms with E-state index >= 15 is 0 Å². The summed E-state index contributed by atoms with van der Waals surface area (Å²) in [7, 11) is 0. The highest BCUT2D eigenvalue weighted by Gasteiger charge is 2.07. The van der Waals surface area contributed by atoms with Crippen LogP contribution < -0.4 is 11.5 Å². The normalized spacial score (nSPS) is 16.7. The van der Waals surface area contributed by atoms with Gasteiger partial charge in [0.25, 0.3) is 0 Å². The zero-order chi connectivity index (χ0) is 10.1. The van der Waals surface area contributed by atoms with Gasteiger partial charge in [-0.1, -0.05) is 24.4 Å². The quantitative estimate of drug-likeness (QED) is 0.237. The van der Waals surface area contributed by atoms with E-state index in [1.54, 1.807) is 0 Å². The van der Waals surface area contributed by atoms with Gasteiger partial charge in [-0.2, -0.15) is 0 Å². The third-order valence-corrected chi connectivity index (χ3v) is 1.73. The first kappa shape index (κ1) is 11.8. The monoisotopic (exact) mass is 188 g/mol. The molecule has 5 N–H and O–H groups in total. The summed E-state index contributed by atoms with van der Waals surface area (Å²) in [6.07, 6.45) is 5.92. The molecule has 0 heterocycles. The molecule has 0 bridgehead atoms. The lowest BCUT2D eigenvalue weighted by Gasteiger charge is -2.14. The molecule has 0 saturated heterocycles. The Hall–Kier alpha value is -1.17. The van der Waals surface area contributed by atoms with Gasteiger partial charge < -0.3 is 16.6 Å². The molecule has 6 nitrogen and oxygen atoms in total. The zero-order valence-electron chi connectivity index (χ0n) is 7.52. The summed E-state index contributed by atoms with van der Waals surface area (Å²) in [4.78, 5) is 9.02. The Labute approximate surface area is 77.0 Å². The molecule has 0 aromatic carbocycles. The van der Waals surface area contributed by atoms with Crippen LogP contribution in [-0.4, -0.2) is 17.2 Å². The van der Waals surface area contributed by atoms with Crippen molar-refractivity contribution in [3.63, 3.8) is 0 Å². The third-order valence-electron chi connectivity index (χ3n) is 1.73. The van der Waals surface area contributed by atoms with Gasteiger partial charge in [0.1, 0.15) is 0 Å². The highest BCUT2D eigenvalue weighted by Crippen LogP contribution is 2.16. The fourth-order valence-electron chi connectivity index (χ4n) is 1.13. The number of aliphatic hydroxyl groups is 1. The van der Waals surface area contributed by atoms with Crippen molar-refractivity contribution >= 4 is 5.96 Å². The Bertz CT molecular complexity index is 162. The second-order valence-corrected chi connectivity index (χ2v) is 2.90. The summed E-state index contributed by atoms with van der Waals surface area (Å²) in [5.41, 5.74) is 9.27. The second-order valence-electron chi connectivity index (χ2n) is 2.90. The average Bonchev–Trinajstić information content (AvgIpc) is 2.06. The van der Waals surface area contributed by atoms with Gasteiger partial charge >= 0.3 is 0 Å². The standard InChI is InChI=1S/C6H12O.CH4N4O/c7-6-4-2-1-3-5-6;2-1(3)4-5-6/h6-7H,1-5H2;(H4,2,3,4,6). The first-order valence-corrected chi connectivity index (χ1v) is 4.26. The molecule has 1 aliphatic rings. The molecular weight excluding hydrogens is 172 g/mol. The Morgan fingerprint density at radius 1 is 1.23 bits per heavy atom. The van der Waals surface area contributed by atoms with E-state index < -0.39 is 0 Å². The second kappa shape index (κ2) is 7.48. The third kappa shape index (κ3) is 8.74. The smallest absolute Gasteiger partial charge is 0.214 e. The molecule has 1 saturated carbocycles. The molecule has 0 amide bonds. The van der Waals surface area contributed by atoms with Gasteiger partial charge in [-0.15, -0.1) is 4.91 Å². The maximum Gasteiger partial charge on any atom is 0.214 e. The van der Waals surface area contributed by atoms with Gasteiger partial charge in [0.05, 0.1) is 11.4 Å². The number of hydrogen-bond donors (Lipinski definition) is 3. The van der Waals surface area contributed by atoms with Crippen molar-refractivity contribution in [2.45, 2.75) is 38.2 Å². The molecule has 0 aliphatic heterocycles. The Morgan fingerprint density at radius 3 is 1.92 bits per heavy atom. The molecule has 6 heteroatoms. The number of nitrogens with zero attached hydrogens (tertiary/aromatic N) is 2. The van der Waals surface area contributed by atoms with Crippen molar-refractivity contribution in [2.75, 3.05) is 0 Å².